The maximum absolute atomic E-state index is 10.5. The molecule has 0 saturated carbocycles. The zero-order valence-electron chi connectivity index (χ0n) is 6.25. The minimum Gasteiger partial charge on any atom is -0.277 e. The fourth-order valence-corrected chi connectivity index (χ4v) is 1.77. The highest BCUT2D eigenvalue weighted by molar-refractivity contribution is 7.07. The van der Waals surface area contributed by atoms with E-state index in [1.807, 2.05) is 5.38 Å². The predicted octanol–water partition coefficient (Wildman–Crippen LogP) is 1.03. The Morgan fingerprint density at radius 2 is 2.67 bits per heavy atom. The van der Waals surface area contributed by atoms with E-state index in [0.717, 1.165) is 18.5 Å². The molecule has 0 radical (unpaired) electrons. The van der Waals surface area contributed by atoms with Crippen molar-refractivity contribution in [2.45, 2.75) is 12.5 Å². The van der Waals surface area contributed by atoms with E-state index in [1.54, 1.807) is 11.7 Å². The van der Waals surface area contributed by atoms with Gasteiger partial charge in [-0.25, -0.2) is 9.99 Å². The van der Waals surface area contributed by atoms with Crippen molar-refractivity contribution in [3.8, 4) is 0 Å². The fourth-order valence-electron chi connectivity index (χ4n) is 1.17. The molecule has 12 heavy (non-hydrogen) atoms. The summed E-state index contributed by atoms with van der Waals surface area (Å²) in [5.41, 5.74) is 2.68. The minimum atomic E-state index is 0.0220. The lowest BCUT2D eigenvalue weighted by atomic mass is 10.2. The van der Waals surface area contributed by atoms with Gasteiger partial charge in [0.1, 0.15) is 6.04 Å². The lowest BCUT2D eigenvalue weighted by Gasteiger charge is -2.13. The van der Waals surface area contributed by atoms with Crippen molar-refractivity contribution < 1.29 is 4.79 Å². The Bertz CT molecular complexity index is 296. The Balaban J connectivity index is 2.21. The molecule has 4 nitrogen and oxygen atoms in total. The third kappa shape index (κ3) is 1.12. The van der Waals surface area contributed by atoms with Crippen molar-refractivity contribution in [1.29, 1.82) is 0 Å². The molecule has 2 heterocycles. The predicted molar refractivity (Wildman–Crippen MR) is 45.9 cm³/mol. The Labute approximate surface area is 73.5 Å². The number of rotatable bonds is 2. The second-order valence-corrected chi connectivity index (χ2v) is 3.17. The summed E-state index contributed by atoms with van der Waals surface area (Å²) in [6, 6.07) is 0.0220. The van der Waals surface area contributed by atoms with Gasteiger partial charge in [-0.3, -0.25) is 4.79 Å². The number of hydrogen-bond acceptors (Lipinski definition) is 4. The van der Waals surface area contributed by atoms with Crippen LogP contribution in [0.3, 0.4) is 0 Å². The van der Waals surface area contributed by atoms with Gasteiger partial charge >= 0.3 is 0 Å². The van der Waals surface area contributed by atoms with Gasteiger partial charge in [0, 0.05) is 18.0 Å². The smallest absolute Gasteiger partial charge is 0.230 e. The van der Waals surface area contributed by atoms with Crippen LogP contribution in [0, 0.1) is 0 Å². The third-order valence-corrected chi connectivity index (χ3v) is 2.37. The molecule has 0 saturated heterocycles. The van der Waals surface area contributed by atoms with Crippen LogP contribution in [0.4, 0.5) is 0 Å². The average molecular weight is 181 g/mol. The van der Waals surface area contributed by atoms with Crippen LogP contribution in [0.2, 0.25) is 0 Å². The summed E-state index contributed by atoms with van der Waals surface area (Å²) >= 11 is 1.53. The molecule has 1 atom stereocenters. The molecule has 0 fully saturated rings. The number of nitrogens with zero attached hydrogens (tertiary/aromatic N) is 3. The number of aromatic nitrogens is 1. The molecule has 0 aliphatic carbocycles. The quantitative estimate of drug-likeness (QED) is 0.640. The lowest BCUT2D eigenvalue weighted by Crippen LogP contribution is -2.17. The van der Waals surface area contributed by atoms with Crippen molar-refractivity contribution in [3.05, 3.63) is 16.6 Å². The van der Waals surface area contributed by atoms with Gasteiger partial charge in [0.2, 0.25) is 6.41 Å². The van der Waals surface area contributed by atoms with E-state index in [1.165, 1.54) is 16.3 Å². The number of thiazole rings is 1. The molecule has 1 aliphatic rings. The largest absolute Gasteiger partial charge is 0.277 e. The molecule has 0 aromatic carbocycles. The number of hydrogen-bond donors (Lipinski definition) is 0. The number of carbonyl (C=O) groups is 1. The molecule has 62 valence electrons. The summed E-state index contributed by atoms with van der Waals surface area (Å²) in [6.07, 6.45) is 3.23. The first kappa shape index (κ1) is 7.42. The van der Waals surface area contributed by atoms with Crippen LogP contribution in [0.15, 0.2) is 16.0 Å². The Hall–Kier alpha value is -1.23. The summed E-state index contributed by atoms with van der Waals surface area (Å²) in [5, 5.41) is 7.23. The van der Waals surface area contributed by atoms with Crippen LogP contribution >= 0.6 is 11.3 Å². The molecule has 0 bridgehead atoms. The second-order valence-electron chi connectivity index (χ2n) is 2.45. The van der Waals surface area contributed by atoms with Gasteiger partial charge in [0.25, 0.3) is 0 Å². The summed E-state index contributed by atoms with van der Waals surface area (Å²) in [6.45, 7) is 0. The van der Waals surface area contributed by atoms with E-state index in [2.05, 4.69) is 10.1 Å². The van der Waals surface area contributed by atoms with Crippen LogP contribution in [-0.4, -0.2) is 22.6 Å². The van der Waals surface area contributed by atoms with Gasteiger partial charge in [-0.05, 0) is 0 Å². The first-order chi connectivity index (χ1) is 5.92. The van der Waals surface area contributed by atoms with Gasteiger partial charge < -0.3 is 0 Å². The van der Waals surface area contributed by atoms with E-state index in [9.17, 15) is 4.79 Å². The fraction of sp³-hybridized carbons (Fsp3) is 0.286. The van der Waals surface area contributed by atoms with Crippen LogP contribution in [-0.2, 0) is 4.79 Å². The molecule has 1 aromatic rings. The second kappa shape index (κ2) is 3.02. The van der Waals surface area contributed by atoms with Crippen molar-refractivity contribution >= 4 is 24.0 Å². The number of amides is 1. The third-order valence-electron chi connectivity index (χ3n) is 1.76. The topological polar surface area (TPSA) is 45.6 Å². The van der Waals surface area contributed by atoms with Crippen LogP contribution in [0.5, 0.6) is 0 Å². The lowest BCUT2D eigenvalue weighted by molar-refractivity contribution is -0.119. The number of hydrazone groups is 1. The van der Waals surface area contributed by atoms with Crippen LogP contribution in [0.1, 0.15) is 18.2 Å². The first-order valence-corrected chi connectivity index (χ1v) is 4.50. The molecular weight excluding hydrogens is 174 g/mol. The van der Waals surface area contributed by atoms with E-state index in [-0.39, 0.29) is 6.04 Å². The molecule has 1 aliphatic heterocycles. The summed E-state index contributed by atoms with van der Waals surface area (Å²) in [5.74, 6) is 0. The highest BCUT2D eigenvalue weighted by Crippen LogP contribution is 2.25. The Morgan fingerprint density at radius 3 is 3.33 bits per heavy atom. The molecule has 1 unspecified atom stereocenters. The average Bonchev–Trinajstić information content (AvgIpc) is 2.74. The molecule has 5 heteroatoms. The Kier molecular flexibility index (Phi) is 1.87. The van der Waals surface area contributed by atoms with Gasteiger partial charge in [0.05, 0.1) is 11.2 Å². The van der Waals surface area contributed by atoms with Crippen molar-refractivity contribution in [3.63, 3.8) is 0 Å². The first-order valence-electron chi connectivity index (χ1n) is 3.56. The van der Waals surface area contributed by atoms with Gasteiger partial charge in [-0.1, -0.05) is 0 Å². The highest BCUT2D eigenvalue weighted by atomic mass is 32.1. The van der Waals surface area contributed by atoms with Crippen molar-refractivity contribution in [2.24, 2.45) is 5.10 Å². The normalized spacial score (nSPS) is 21.7. The van der Waals surface area contributed by atoms with E-state index in [4.69, 9.17) is 0 Å². The monoisotopic (exact) mass is 181 g/mol. The standard InChI is InChI=1S/C7H7N3OS/c11-5-10-7(1-2-9-10)6-3-12-4-8-6/h2-5,7H,1H2. The van der Waals surface area contributed by atoms with E-state index >= 15 is 0 Å². The van der Waals surface area contributed by atoms with Crippen LogP contribution in [0.25, 0.3) is 0 Å². The highest BCUT2D eigenvalue weighted by Gasteiger charge is 2.23. The molecule has 1 amide bonds. The zero-order chi connectivity index (χ0) is 8.39. The number of carbonyl (C=O) groups excluding carboxylic acids is 1. The Morgan fingerprint density at radius 1 is 1.75 bits per heavy atom. The maximum Gasteiger partial charge on any atom is 0.230 e. The molecular formula is C7H7N3OS. The zero-order valence-corrected chi connectivity index (χ0v) is 7.07. The van der Waals surface area contributed by atoms with Crippen molar-refractivity contribution in [1.82, 2.24) is 9.99 Å². The minimum absolute atomic E-state index is 0.0220. The van der Waals surface area contributed by atoms with Gasteiger partial charge in [-0.2, -0.15) is 5.10 Å². The SMILES string of the molecule is O=CN1N=CCC1c1cscn1. The van der Waals surface area contributed by atoms with Gasteiger partial charge in [0.15, 0.2) is 0 Å². The summed E-state index contributed by atoms with van der Waals surface area (Å²) < 4.78 is 0. The van der Waals surface area contributed by atoms with Crippen molar-refractivity contribution in [2.75, 3.05) is 0 Å². The van der Waals surface area contributed by atoms with E-state index in [0.29, 0.717) is 0 Å². The molecule has 0 spiro atoms. The molecule has 0 N–H and O–H groups in total. The van der Waals surface area contributed by atoms with Gasteiger partial charge in [-0.15, -0.1) is 11.3 Å². The van der Waals surface area contributed by atoms with E-state index < -0.39 is 0 Å². The molecule has 2 rings (SSSR count). The summed E-state index contributed by atoms with van der Waals surface area (Å²) in [7, 11) is 0. The van der Waals surface area contributed by atoms with Crippen LogP contribution < -0.4 is 0 Å². The summed E-state index contributed by atoms with van der Waals surface area (Å²) in [4.78, 5) is 14.6. The molecule has 1 aromatic heterocycles. The maximum atomic E-state index is 10.5.